The lowest BCUT2D eigenvalue weighted by Crippen LogP contribution is -2.54. The molecule has 0 unspecified atom stereocenters. The minimum Gasteiger partial charge on any atom is -0.497 e. The number of methoxy groups -OCH3 is 3. The molecule has 196 valence electrons. The molecule has 11 heteroatoms. The molecule has 0 radical (unpaired) electrons. The second-order valence-corrected chi connectivity index (χ2v) is 8.34. The molecule has 1 N–H and O–H groups in total. The van der Waals surface area contributed by atoms with E-state index >= 15 is 0 Å². The van der Waals surface area contributed by atoms with Gasteiger partial charge in [0.15, 0.2) is 0 Å². The summed E-state index contributed by atoms with van der Waals surface area (Å²) >= 11 is 6.16. The number of carbonyl (C=O) groups is 3. The number of imide groups is 2. The summed E-state index contributed by atoms with van der Waals surface area (Å²) in [4.78, 5) is 39.7. The minimum atomic E-state index is -0.970. The molecule has 1 aliphatic heterocycles. The molecule has 38 heavy (non-hydrogen) atoms. The van der Waals surface area contributed by atoms with E-state index in [0.29, 0.717) is 16.9 Å². The van der Waals surface area contributed by atoms with Crippen LogP contribution in [0.15, 0.2) is 60.2 Å². The van der Waals surface area contributed by atoms with Crippen LogP contribution in [0.5, 0.6) is 23.0 Å². The maximum absolute atomic E-state index is 13.5. The molecule has 0 spiro atoms. The Labute approximate surface area is 222 Å². The van der Waals surface area contributed by atoms with E-state index in [-0.39, 0.29) is 46.0 Å². The Balaban J connectivity index is 1.73. The van der Waals surface area contributed by atoms with Crippen LogP contribution in [0.3, 0.4) is 0 Å². The third-order valence-corrected chi connectivity index (χ3v) is 5.92. The number of nitrogens with one attached hydrogen (secondary N) is 1. The summed E-state index contributed by atoms with van der Waals surface area (Å²) in [5.74, 6) is -1.11. The number of urea groups is 1. The number of hydrogen-bond donors (Lipinski definition) is 1. The highest BCUT2D eigenvalue weighted by atomic mass is 35.5. The Morgan fingerprint density at radius 1 is 0.895 bits per heavy atom. The zero-order valence-electron chi connectivity index (χ0n) is 20.5. The molecule has 0 atom stereocenters. The highest BCUT2D eigenvalue weighted by Crippen LogP contribution is 2.39. The quantitative estimate of drug-likeness (QED) is 0.325. The summed E-state index contributed by atoms with van der Waals surface area (Å²) < 4.78 is 34.9. The van der Waals surface area contributed by atoms with Gasteiger partial charge in [-0.3, -0.25) is 14.9 Å². The van der Waals surface area contributed by atoms with E-state index in [4.69, 9.17) is 30.5 Å². The first-order chi connectivity index (χ1) is 18.2. The summed E-state index contributed by atoms with van der Waals surface area (Å²) in [5, 5.41) is 2.37. The first-order valence-electron chi connectivity index (χ1n) is 11.1. The van der Waals surface area contributed by atoms with Crippen LogP contribution in [0.2, 0.25) is 5.02 Å². The third kappa shape index (κ3) is 5.40. The Hall–Kier alpha value is -4.57. The SMILES string of the molecule is COc1ccc(/C=C2\C(=O)NC(=O)N(c3cc(OC)c(Cl)cc3OC)C2=O)c(OCc2ccc(F)cc2)c1. The van der Waals surface area contributed by atoms with Crippen LogP contribution >= 0.6 is 11.6 Å². The van der Waals surface area contributed by atoms with Crippen LogP contribution in [0.1, 0.15) is 11.1 Å². The van der Waals surface area contributed by atoms with Gasteiger partial charge in [0.2, 0.25) is 0 Å². The van der Waals surface area contributed by atoms with Crippen molar-refractivity contribution in [1.82, 2.24) is 5.32 Å². The largest absolute Gasteiger partial charge is 0.497 e. The molecule has 0 bridgehead atoms. The average Bonchev–Trinajstić information content (AvgIpc) is 2.91. The molecule has 3 aromatic carbocycles. The third-order valence-electron chi connectivity index (χ3n) is 5.62. The van der Waals surface area contributed by atoms with Crippen molar-refractivity contribution in [2.45, 2.75) is 6.61 Å². The van der Waals surface area contributed by atoms with Crippen molar-refractivity contribution in [3.63, 3.8) is 0 Å². The molecule has 0 aliphatic carbocycles. The fraction of sp³-hybridized carbons (Fsp3) is 0.148. The van der Waals surface area contributed by atoms with Crippen LogP contribution in [-0.2, 0) is 16.2 Å². The zero-order valence-corrected chi connectivity index (χ0v) is 21.3. The van der Waals surface area contributed by atoms with Gasteiger partial charge >= 0.3 is 6.03 Å². The molecular weight excluding hydrogens is 519 g/mol. The Morgan fingerprint density at radius 3 is 2.26 bits per heavy atom. The smallest absolute Gasteiger partial charge is 0.336 e. The molecular formula is C27H22ClFN2O7. The fourth-order valence-electron chi connectivity index (χ4n) is 3.68. The van der Waals surface area contributed by atoms with E-state index in [1.54, 1.807) is 30.3 Å². The molecule has 3 aromatic rings. The fourth-order valence-corrected chi connectivity index (χ4v) is 3.91. The van der Waals surface area contributed by atoms with Gasteiger partial charge in [-0.25, -0.2) is 14.1 Å². The number of carbonyl (C=O) groups excluding carboxylic acids is 3. The molecule has 1 saturated heterocycles. The number of nitrogens with zero attached hydrogens (tertiary/aromatic N) is 1. The summed E-state index contributed by atoms with van der Waals surface area (Å²) in [5.41, 5.74) is 0.746. The number of hydrogen-bond acceptors (Lipinski definition) is 7. The van der Waals surface area contributed by atoms with Gasteiger partial charge in [0.25, 0.3) is 11.8 Å². The topological polar surface area (TPSA) is 103 Å². The maximum atomic E-state index is 13.5. The second kappa shape index (κ2) is 11.2. The van der Waals surface area contributed by atoms with Crippen molar-refractivity contribution in [2.75, 3.05) is 26.2 Å². The van der Waals surface area contributed by atoms with E-state index < -0.39 is 17.8 Å². The van der Waals surface area contributed by atoms with Gasteiger partial charge in [-0.1, -0.05) is 23.7 Å². The van der Waals surface area contributed by atoms with E-state index in [1.165, 1.54) is 51.7 Å². The first-order valence-corrected chi connectivity index (χ1v) is 11.5. The standard InChI is InChI=1S/C27H22ClFN2O7/c1-35-18-9-6-16(22(11-18)38-14-15-4-7-17(29)8-5-15)10-19-25(32)30-27(34)31(26(19)33)21-13-23(36-2)20(28)12-24(21)37-3/h4-13H,14H2,1-3H3,(H,30,32,34)/b19-10+. The van der Waals surface area contributed by atoms with Gasteiger partial charge in [0.1, 0.15) is 41.0 Å². The zero-order chi connectivity index (χ0) is 27.4. The molecule has 4 amide bonds. The van der Waals surface area contributed by atoms with Crippen molar-refractivity contribution >= 4 is 41.2 Å². The molecule has 1 aliphatic rings. The molecule has 9 nitrogen and oxygen atoms in total. The van der Waals surface area contributed by atoms with Gasteiger partial charge in [0.05, 0.1) is 32.0 Å². The van der Waals surface area contributed by atoms with E-state index in [9.17, 15) is 18.8 Å². The highest BCUT2D eigenvalue weighted by molar-refractivity contribution is 6.39. The number of barbiturate groups is 1. The lowest BCUT2D eigenvalue weighted by Gasteiger charge is -2.28. The molecule has 0 aromatic heterocycles. The number of rotatable bonds is 8. The molecule has 4 rings (SSSR count). The molecule has 1 fully saturated rings. The van der Waals surface area contributed by atoms with Gasteiger partial charge in [-0.2, -0.15) is 0 Å². The summed E-state index contributed by atoms with van der Waals surface area (Å²) in [6.07, 6.45) is 1.30. The van der Waals surface area contributed by atoms with Crippen LogP contribution < -0.4 is 29.2 Å². The monoisotopic (exact) mass is 540 g/mol. The van der Waals surface area contributed by atoms with E-state index in [0.717, 1.165) is 4.90 Å². The summed E-state index contributed by atoms with van der Waals surface area (Å²) in [6.45, 7) is 0.0795. The Kier molecular flexibility index (Phi) is 7.82. The minimum absolute atomic E-state index is 0.0252. The van der Waals surface area contributed by atoms with Crippen molar-refractivity contribution in [1.29, 1.82) is 0 Å². The number of amides is 4. The number of halogens is 2. The van der Waals surface area contributed by atoms with E-state index in [2.05, 4.69) is 5.32 Å². The normalized spacial score (nSPS) is 14.4. The molecule has 0 saturated carbocycles. The van der Waals surface area contributed by atoms with Crippen LogP contribution in [0, 0.1) is 5.82 Å². The Morgan fingerprint density at radius 2 is 1.61 bits per heavy atom. The van der Waals surface area contributed by atoms with Crippen LogP contribution in [0.25, 0.3) is 6.08 Å². The lowest BCUT2D eigenvalue weighted by molar-refractivity contribution is -0.122. The number of anilines is 1. The summed E-state index contributed by atoms with van der Waals surface area (Å²) in [6, 6.07) is 12.3. The lowest BCUT2D eigenvalue weighted by atomic mass is 10.1. The van der Waals surface area contributed by atoms with E-state index in [1.807, 2.05) is 0 Å². The second-order valence-electron chi connectivity index (χ2n) is 7.94. The van der Waals surface area contributed by atoms with Crippen molar-refractivity contribution in [2.24, 2.45) is 0 Å². The van der Waals surface area contributed by atoms with Crippen LogP contribution in [0.4, 0.5) is 14.9 Å². The Bertz CT molecular complexity index is 1440. The predicted octanol–water partition coefficient (Wildman–Crippen LogP) is 4.75. The first kappa shape index (κ1) is 26.5. The van der Waals surface area contributed by atoms with Gasteiger partial charge in [-0.15, -0.1) is 0 Å². The van der Waals surface area contributed by atoms with Crippen molar-refractivity contribution < 1.29 is 37.7 Å². The predicted molar refractivity (Wildman–Crippen MR) is 137 cm³/mol. The van der Waals surface area contributed by atoms with Gasteiger partial charge in [0, 0.05) is 23.8 Å². The number of ether oxygens (including phenoxy) is 4. The van der Waals surface area contributed by atoms with Gasteiger partial charge in [-0.05, 0) is 35.9 Å². The summed E-state index contributed by atoms with van der Waals surface area (Å²) in [7, 11) is 4.20. The van der Waals surface area contributed by atoms with Crippen molar-refractivity contribution in [3.05, 3.63) is 82.1 Å². The molecule has 1 heterocycles. The average molecular weight is 541 g/mol. The highest BCUT2D eigenvalue weighted by Gasteiger charge is 2.39. The number of benzene rings is 3. The van der Waals surface area contributed by atoms with Crippen molar-refractivity contribution in [3.8, 4) is 23.0 Å². The van der Waals surface area contributed by atoms with Crippen LogP contribution in [-0.4, -0.2) is 39.2 Å². The van der Waals surface area contributed by atoms with Gasteiger partial charge < -0.3 is 18.9 Å². The maximum Gasteiger partial charge on any atom is 0.336 e.